The third kappa shape index (κ3) is 5.43. The van der Waals surface area contributed by atoms with Crippen molar-refractivity contribution in [2.75, 3.05) is 11.9 Å². The van der Waals surface area contributed by atoms with E-state index in [-0.39, 0.29) is 12.5 Å². The van der Waals surface area contributed by atoms with Crippen molar-refractivity contribution in [3.8, 4) is 17.2 Å². The second-order valence-corrected chi connectivity index (χ2v) is 8.69. The predicted molar refractivity (Wildman–Crippen MR) is 133 cm³/mol. The molecule has 0 radical (unpaired) electrons. The van der Waals surface area contributed by atoms with Crippen molar-refractivity contribution in [2.45, 2.75) is 46.0 Å². The molecule has 0 fully saturated rings. The van der Waals surface area contributed by atoms with Gasteiger partial charge >= 0.3 is 0 Å². The van der Waals surface area contributed by atoms with E-state index in [2.05, 4.69) is 62.3 Å². The second kappa shape index (κ2) is 9.90. The predicted octanol–water partition coefficient (Wildman–Crippen LogP) is 7.15. The molecule has 1 unspecified atom stereocenters. The van der Waals surface area contributed by atoms with Crippen LogP contribution in [-0.4, -0.2) is 17.5 Å². The SMILES string of the molecule is CCC(C)c1ccc(OCC(=O)Nc2ccc(-c3nc4cc(C(C)C)ccc4o3)cc2)cc1. The van der Waals surface area contributed by atoms with Gasteiger partial charge in [0.15, 0.2) is 12.2 Å². The quantitative estimate of drug-likeness (QED) is 0.315. The standard InChI is InChI=1S/C28H30N2O3/c1-5-19(4)20-8-13-24(14-9-20)32-17-27(31)29-23-11-6-21(7-12-23)28-30-25-16-22(18(2)3)10-15-26(25)33-28/h6-16,18-19H,5,17H2,1-4H3,(H,29,31). The molecule has 1 atom stereocenters. The van der Waals surface area contributed by atoms with Crippen molar-refractivity contribution in [1.29, 1.82) is 0 Å². The van der Waals surface area contributed by atoms with E-state index in [1.165, 1.54) is 11.1 Å². The third-order valence-corrected chi connectivity index (χ3v) is 5.93. The molecule has 0 aliphatic rings. The minimum atomic E-state index is -0.211. The molecule has 0 bridgehead atoms. The zero-order valence-electron chi connectivity index (χ0n) is 19.6. The molecule has 0 aliphatic heterocycles. The molecule has 0 saturated carbocycles. The van der Waals surface area contributed by atoms with E-state index in [1.807, 2.05) is 42.5 Å². The summed E-state index contributed by atoms with van der Waals surface area (Å²) in [6.45, 7) is 8.63. The van der Waals surface area contributed by atoms with Gasteiger partial charge in [-0.25, -0.2) is 4.98 Å². The first-order chi connectivity index (χ1) is 15.9. The summed E-state index contributed by atoms with van der Waals surface area (Å²) in [5.74, 6) is 1.98. The summed E-state index contributed by atoms with van der Waals surface area (Å²) in [5.41, 5.74) is 5.66. The number of carbonyl (C=O) groups is 1. The largest absolute Gasteiger partial charge is 0.484 e. The van der Waals surface area contributed by atoms with E-state index in [0.717, 1.165) is 23.1 Å². The van der Waals surface area contributed by atoms with E-state index in [1.54, 1.807) is 0 Å². The molecular formula is C28H30N2O3. The monoisotopic (exact) mass is 442 g/mol. The Morgan fingerprint density at radius 1 is 0.970 bits per heavy atom. The average Bonchev–Trinajstić information content (AvgIpc) is 3.26. The maximum atomic E-state index is 12.3. The fraction of sp³-hybridized carbons (Fsp3) is 0.286. The normalized spacial score (nSPS) is 12.2. The lowest BCUT2D eigenvalue weighted by atomic mass is 9.99. The number of benzene rings is 3. The zero-order chi connectivity index (χ0) is 23.4. The Morgan fingerprint density at radius 3 is 2.33 bits per heavy atom. The van der Waals surface area contributed by atoms with E-state index in [0.29, 0.717) is 29.2 Å². The molecule has 3 aromatic carbocycles. The maximum Gasteiger partial charge on any atom is 0.262 e. The first kappa shape index (κ1) is 22.6. The number of aromatic nitrogens is 1. The Kier molecular flexibility index (Phi) is 6.78. The first-order valence-corrected chi connectivity index (χ1v) is 11.5. The highest BCUT2D eigenvalue weighted by Gasteiger charge is 2.11. The van der Waals surface area contributed by atoms with Gasteiger partial charge in [-0.15, -0.1) is 0 Å². The fourth-order valence-electron chi connectivity index (χ4n) is 3.60. The minimum Gasteiger partial charge on any atom is -0.484 e. The summed E-state index contributed by atoms with van der Waals surface area (Å²) in [5, 5.41) is 2.86. The van der Waals surface area contributed by atoms with Gasteiger partial charge in [0.1, 0.15) is 11.3 Å². The Labute approximate surface area is 194 Å². The molecular weight excluding hydrogens is 412 g/mol. The number of anilines is 1. The molecule has 4 aromatic rings. The van der Waals surface area contributed by atoms with Crippen molar-refractivity contribution in [2.24, 2.45) is 0 Å². The number of rotatable bonds is 8. The van der Waals surface area contributed by atoms with Gasteiger partial charge in [-0.05, 0) is 77.9 Å². The summed E-state index contributed by atoms with van der Waals surface area (Å²) in [4.78, 5) is 16.9. The molecule has 0 aliphatic carbocycles. The third-order valence-electron chi connectivity index (χ3n) is 5.93. The van der Waals surface area contributed by atoms with Crippen LogP contribution in [0.3, 0.4) is 0 Å². The van der Waals surface area contributed by atoms with Crippen LogP contribution in [-0.2, 0) is 4.79 Å². The van der Waals surface area contributed by atoms with E-state index in [9.17, 15) is 4.79 Å². The molecule has 33 heavy (non-hydrogen) atoms. The van der Waals surface area contributed by atoms with Crippen LogP contribution in [0.5, 0.6) is 5.75 Å². The van der Waals surface area contributed by atoms with Crippen LogP contribution in [0.4, 0.5) is 5.69 Å². The van der Waals surface area contributed by atoms with Gasteiger partial charge in [-0.3, -0.25) is 4.79 Å². The number of fused-ring (bicyclic) bond motifs is 1. The topological polar surface area (TPSA) is 64.4 Å². The summed E-state index contributed by atoms with van der Waals surface area (Å²) in [7, 11) is 0. The number of hydrogen-bond donors (Lipinski definition) is 1. The molecule has 1 heterocycles. The zero-order valence-corrected chi connectivity index (χ0v) is 19.6. The molecule has 1 amide bonds. The average molecular weight is 443 g/mol. The molecule has 5 nitrogen and oxygen atoms in total. The maximum absolute atomic E-state index is 12.3. The lowest BCUT2D eigenvalue weighted by Crippen LogP contribution is -2.20. The molecule has 0 spiro atoms. The minimum absolute atomic E-state index is 0.0479. The van der Waals surface area contributed by atoms with Crippen LogP contribution >= 0.6 is 0 Å². The smallest absolute Gasteiger partial charge is 0.262 e. The Bertz CT molecular complexity index is 1220. The van der Waals surface area contributed by atoms with Crippen LogP contribution in [0.25, 0.3) is 22.6 Å². The number of amides is 1. The van der Waals surface area contributed by atoms with Crippen LogP contribution < -0.4 is 10.1 Å². The number of hydrogen-bond acceptors (Lipinski definition) is 4. The lowest BCUT2D eigenvalue weighted by Gasteiger charge is -2.11. The molecule has 4 rings (SSSR count). The summed E-state index contributed by atoms with van der Waals surface area (Å²) in [6.07, 6.45) is 1.09. The summed E-state index contributed by atoms with van der Waals surface area (Å²) in [6, 6.07) is 21.5. The van der Waals surface area contributed by atoms with E-state index in [4.69, 9.17) is 9.15 Å². The van der Waals surface area contributed by atoms with E-state index < -0.39 is 0 Å². The van der Waals surface area contributed by atoms with Gasteiger partial charge in [0.2, 0.25) is 5.89 Å². The number of carbonyl (C=O) groups excluding carboxylic acids is 1. The molecule has 0 saturated heterocycles. The van der Waals surface area contributed by atoms with Crippen molar-refractivity contribution >= 4 is 22.7 Å². The van der Waals surface area contributed by atoms with Gasteiger partial charge < -0.3 is 14.5 Å². The van der Waals surface area contributed by atoms with Crippen molar-refractivity contribution in [3.63, 3.8) is 0 Å². The van der Waals surface area contributed by atoms with Gasteiger partial charge in [0, 0.05) is 11.3 Å². The van der Waals surface area contributed by atoms with Gasteiger partial charge in [0.25, 0.3) is 5.91 Å². The van der Waals surface area contributed by atoms with Crippen molar-refractivity contribution < 1.29 is 13.9 Å². The van der Waals surface area contributed by atoms with Crippen molar-refractivity contribution in [1.82, 2.24) is 4.98 Å². The summed E-state index contributed by atoms with van der Waals surface area (Å²) >= 11 is 0. The Balaban J connectivity index is 1.35. The second-order valence-electron chi connectivity index (χ2n) is 8.69. The number of ether oxygens (including phenoxy) is 1. The van der Waals surface area contributed by atoms with Gasteiger partial charge in [-0.2, -0.15) is 0 Å². The number of nitrogens with one attached hydrogen (secondary N) is 1. The lowest BCUT2D eigenvalue weighted by molar-refractivity contribution is -0.118. The Morgan fingerprint density at radius 2 is 1.67 bits per heavy atom. The van der Waals surface area contributed by atoms with Gasteiger partial charge in [0.05, 0.1) is 0 Å². The van der Waals surface area contributed by atoms with Crippen LogP contribution in [0.2, 0.25) is 0 Å². The number of nitrogens with zero attached hydrogens (tertiary/aromatic N) is 1. The van der Waals surface area contributed by atoms with Gasteiger partial charge in [-0.1, -0.05) is 45.9 Å². The molecule has 1 aromatic heterocycles. The number of oxazole rings is 1. The van der Waals surface area contributed by atoms with Crippen LogP contribution in [0.1, 0.15) is 57.1 Å². The van der Waals surface area contributed by atoms with Crippen LogP contribution in [0.15, 0.2) is 71.1 Å². The fourth-order valence-corrected chi connectivity index (χ4v) is 3.60. The highest BCUT2D eigenvalue weighted by Crippen LogP contribution is 2.28. The van der Waals surface area contributed by atoms with Crippen molar-refractivity contribution in [3.05, 3.63) is 77.9 Å². The molecule has 5 heteroatoms. The van der Waals surface area contributed by atoms with E-state index >= 15 is 0 Å². The highest BCUT2D eigenvalue weighted by molar-refractivity contribution is 5.92. The summed E-state index contributed by atoms with van der Waals surface area (Å²) < 4.78 is 11.5. The highest BCUT2D eigenvalue weighted by atomic mass is 16.5. The first-order valence-electron chi connectivity index (χ1n) is 11.5. The van der Waals surface area contributed by atoms with Crippen LogP contribution in [0, 0.1) is 0 Å². The Hall–Kier alpha value is -3.60. The molecule has 1 N–H and O–H groups in total. The molecule has 170 valence electrons.